The summed E-state index contributed by atoms with van der Waals surface area (Å²) in [7, 11) is 0. The summed E-state index contributed by atoms with van der Waals surface area (Å²) in [5.74, 6) is -1.15. The van der Waals surface area contributed by atoms with Crippen molar-refractivity contribution in [2.24, 2.45) is 0 Å². The lowest BCUT2D eigenvalue weighted by atomic mass is 10.0. The summed E-state index contributed by atoms with van der Waals surface area (Å²) in [6.45, 7) is 3.86. The Bertz CT molecular complexity index is 669. The number of carbonyl (C=O) groups is 2. The summed E-state index contributed by atoms with van der Waals surface area (Å²) in [5.41, 5.74) is 0. The van der Waals surface area contributed by atoms with Gasteiger partial charge < -0.3 is 19.7 Å². The third-order valence-electron chi connectivity index (χ3n) is 9.75. The third-order valence-corrected chi connectivity index (χ3v) is 9.75. The summed E-state index contributed by atoms with van der Waals surface area (Å²) in [6, 6.07) is 0. The fourth-order valence-electron chi connectivity index (χ4n) is 6.56. The molecule has 0 bridgehead atoms. The highest BCUT2D eigenvalue weighted by atomic mass is 16.7. The van der Waals surface area contributed by atoms with Crippen molar-refractivity contribution in [2.75, 3.05) is 6.61 Å². The van der Waals surface area contributed by atoms with Gasteiger partial charge in [-0.05, 0) is 19.3 Å². The fourth-order valence-corrected chi connectivity index (χ4v) is 6.56. The molecule has 6 heteroatoms. The van der Waals surface area contributed by atoms with Crippen LogP contribution >= 0.6 is 0 Å². The predicted molar refractivity (Wildman–Crippen MR) is 202 cm³/mol. The van der Waals surface area contributed by atoms with E-state index >= 15 is 0 Å². The van der Waals surface area contributed by atoms with Gasteiger partial charge in [0.1, 0.15) is 6.61 Å². The highest BCUT2D eigenvalue weighted by Crippen LogP contribution is 2.18. The third kappa shape index (κ3) is 34.7. The van der Waals surface area contributed by atoms with Gasteiger partial charge in [-0.25, -0.2) is 4.79 Å². The maximum Gasteiger partial charge on any atom is 0.349 e. The minimum Gasteiger partial charge on any atom is -0.450 e. The Labute approximate surface area is 298 Å². The molecule has 0 radical (unpaired) electrons. The first-order valence-electron chi connectivity index (χ1n) is 21.2. The second kappa shape index (κ2) is 38.7. The number of hydrogen-bond acceptors (Lipinski definition) is 6. The van der Waals surface area contributed by atoms with Crippen LogP contribution in [0.1, 0.15) is 239 Å². The molecule has 0 aromatic rings. The Morgan fingerprint density at radius 2 is 0.729 bits per heavy atom. The standard InChI is InChI=1S/C42H82O6/c1-3-5-7-9-11-13-15-17-19-20-21-22-23-25-27-29-31-33-35-37-40(44)47-39(42(46)48-41(45)38-43)36-34-32-30-28-26-24-18-16-14-12-10-8-6-4-2/h39,41,43,45H,3-38H2,1-2H3. The molecule has 6 nitrogen and oxygen atoms in total. The lowest BCUT2D eigenvalue weighted by Gasteiger charge is -2.18. The molecule has 48 heavy (non-hydrogen) atoms. The zero-order valence-electron chi connectivity index (χ0n) is 32.1. The summed E-state index contributed by atoms with van der Waals surface area (Å²) in [6.07, 6.45) is 40.3. The van der Waals surface area contributed by atoms with Crippen molar-refractivity contribution < 1.29 is 29.3 Å². The largest absolute Gasteiger partial charge is 0.450 e. The normalized spacial score (nSPS) is 12.7. The fraction of sp³-hybridized carbons (Fsp3) is 0.952. The minimum atomic E-state index is -1.59. The van der Waals surface area contributed by atoms with E-state index in [1.54, 1.807) is 0 Å². The van der Waals surface area contributed by atoms with Gasteiger partial charge in [0.2, 0.25) is 6.29 Å². The zero-order chi connectivity index (χ0) is 35.2. The summed E-state index contributed by atoms with van der Waals surface area (Å²) >= 11 is 0. The van der Waals surface area contributed by atoms with Gasteiger partial charge in [0.15, 0.2) is 6.10 Å². The number of hydrogen-bond donors (Lipinski definition) is 2. The van der Waals surface area contributed by atoms with Gasteiger partial charge in [-0.3, -0.25) is 4.79 Å². The summed E-state index contributed by atoms with van der Waals surface area (Å²) < 4.78 is 10.4. The molecular formula is C42H82O6. The first kappa shape index (κ1) is 46.9. The van der Waals surface area contributed by atoms with E-state index in [0.717, 1.165) is 38.5 Å². The lowest BCUT2D eigenvalue weighted by molar-refractivity contribution is -0.190. The van der Waals surface area contributed by atoms with Crippen LogP contribution in [0.3, 0.4) is 0 Å². The van der Waals surface area contributed by atoms with Gasteiger partial charge in [-0.1, -0.05) is 213 Å². The van der Waals surface area contributed by atoms with Gasteiger partial charge in [0.05, 0.1) is 0 Å². The van der Waals surface area contributed by atoms with Crippen LogP contribution in [0.25, 0.3) is 0 Å². The van der Waals surface area contributed by atoms with Gasteiger partial charge in [-0.2, -0.15) is 0 Å². The monoisotopic (exact) mass is 683 g/mol. The molecule has 2 atom stereocenters. The van der Waals surface area contributed by atoms with Crippen LogP contribution in [0.5, 0.6) is 0 Å². The highest BCUT2D eigenvalue weighted by Gasteiger charge is 2.26. The lowest BCUT2D eigenvalue weighted by Crippen LogP contribution is -2.33. The molecule has 0 amide bonds. The van der Waals surface area contributed by atoms with E-state index in [1.807, 2.05) is 0 Å². The molecule has 2 N–H and O–H groups in total. The highest BCUT2D eigenvalue weighted by molar-refractivity contribution is 5.79. The van der Waals surface area contributed by atoms with E-state index in [-0.39, 0.29) is 5.97 Å². The van der Waals surface area contributed by atoms with Gasteiger partial charge >= 0.3 is 11.9 Å². The van der Waals surface area contributed by atoms with Crippen molar-refractivity contribution in [2.45, 2.75) is 251 Å². The molecule has 0 heterocycles. The molecule has 0 spiro atoms. The molecule has 0 aliphatic rings. The van der Waals surface area contributed by atoms with E-state index in [9.17, 15) is 14.7 Å². The SMILES string of the molecule is CCCCCCCCCCCCCCCCCCCCCC(=O)OC(CCCCCCCCCCCCCCCC)C(=O)OC(O)CO. The minimum absolute atomic E-state index is 0.296. The number of unbranched alkanes of at least 4 members (excludes halogenated alkanes) is 31. The summed E-state index contributed by atoms with van der Waals surface area (Å²) in [4.78, 5) is 25.0. The molecule has 0 aliphatic heterocycles. The Morgan fingerprint density at radius 1 is 0.438 bits per heavy atom. The average Bonchev–Trinajstić information content (AvgIpc) is 3.08. The van der Waals surface area contributed by atoms with Gasteiger partial charge in [0, 0.05) is 6.42 Å². The number of ether oxygens (including phenoxy) is 2. The number of aliphatic hydroxyl groups excluding tert-OH is 2. The van der Waals surface area contributed by atoms with Gasteiger partial charge in [-0.15, -0.1) is 0 Å². The Hall–Kier alpha value is -1.14. The molecule has 2 unspecified atom stereocenters. The Morgan fingerprint density at radius 3 is 1.04 bits per heavy atom. The maximum atomic E-state index is 12.5. The molecule has 0 aliphatic carbocycles. The Kier molecular flexibility index (Phi) is 37.7. The molecule has 286 valence electrons. The van der Waals surface area contributed by atoms with E-state index in [4.69, 9.17) is 14.6 Å². The van der Waals surface area contributed by atoms with Crippen molar-refractivity contribution in [1.82, 2.24) is 0 Å². The van der Waals surface area contributed by atoms with Crippen LogP contribution < -0.4 is 0 Å². The second-order valence-corrected chi connectivity index (χ2v) is 14.6. The maximum absolute atomic E-state index is 12.5. The van der Waals surface area contributed by atoms with E-state index in [0.29, 0.717) is 12.8 Å². The van der Waals surface area contributed by atoms with Crippen LogP contribution in [0, 0.1) is 0 Å². The second-order valence-electron chi connectivity index (χ2n) is 14.6. The summed E-state index contributed by atoms with van der Waals surface area (Å²) in [5, 5.41) is 18.6. The van der Waals surface area contributed by atoms with E-state index in [2.05, 4.69) is 13.8 Å². The van der Waals surface area contributed by atoms with Crippen molar-refractivity contribution in [3.63, 3.8) is 0 Å². The van der Waals surface area contributed by atoms with Crippen LogP contribution in [-0.2, 0) is 19.1 Å². The number of aliphatic hydroxyl groups is 2. The smallest absolute Gasteiger partial charge is 0.349 e. The average molecular weight is 683 g/mol. The molecule has 0 rings (SSSR count). The van der Waals surface area contributed by atoms with Crippen molar-refractivity contribution in [3.05, 3.63) is 0 Å². The Balaban J connectivity index is 3.83. The molecule has 0 saturated heterocycles. The molecule has 0 fully saturated rings. The van der Waals surface area contributed by atoms with E-state index in [1.165, 1.54) is 173 Å². The van der Waals surface area contributed by atoms with Crippen LogP contribution in [0.2, 0.25) is 0 Å². The van der Waals surface area contributed by atoms with Gasteiger partial charge in [0.25, 0.3) is 0 Å². The predicted octanol–water partition coefficient (Wildman–Crippen LogP) is 12.4. The first-order chi connectivity index (χ1) is 23.5. The van der Waals surface area contributed by atoms with Crippen molar-refractivity contribution in [1.29, 1.82) is 0 Å². The van der Waals surface area contributed by atoms with Crippen molar-refractivity contribution in [3.8, 4) is 0 Å². The van der Waals surface area contributed by atoms with Crippen LogP contribution in [-0.4, -0.2) is 41.2 Å². The van der Waals surface area contributed by atoms with Crippen LogP contribution in [0.4, 0.5) is 0 Å². The quantitative estimate of drug-likeness (QED) is 0.0381. The van der Waals surface area contributed by atoms with Crippen molar-refractivity contribution >= 4 is 11.9 Å². The zero-order valence-corrected chi connectivity index (χ0v) is 32.1. The van der Waals surface area contributed by atoms with Crippen LogP contribution in [0.15, 0.2) is 0 Å². The number of carbonyl (C=O) groups excluding carboxylic acids is 2. The first-order valence-corrected chi connectivity index (χ1v) is 21.2. The molecule has 0 aromatic carbocycles. The number of rotatable bonds is 39. The molecule has 0 saturated carbocycles. The molecular weight excluding hydrogens is 600 g/mol. The topological polar surface area (TPSA) is 93.1 Å². The van der Waals surface area contributed by atoms with E-state index < -0.39 is 25.0 Å². The molecule has 0 aromatic heterocycles. The number of esters is 2.